The third-order valence-electron chi connectivity index (χ3n) is 11.0. The summed E-state index contributed by atoms with van der Waals surface area (Å²) in [6.07, 6.45) is 5.62. The second-order valence-electron chi connectivity index (χ2n) is 23.4. The van der Waals surface area contributed by atoms with Crippen LogP contribution in [0.3, 0.4) is 0 Å². The molecule has 0 spiro atoms. The number of hydrogen-bond acceptors (Lipinski definition) is 10. The first kappa shape index (κ1) is 92.2. The Balaban J connectivity index is -0.0000000722. The van der Waals surface area contributed by atoms with Crippen LogP contribution in [0.4, 0.5) is 0 Å². The van der Waals surface area contributed by atoms with Crippen molar-refractivity contribution in [1.29, 1.82) is 0 Å². The topological polar surface area (TPSA) is 202 Å². The third kappa shape index (κ3) is 84.4. The van der Waals surface area contributed by atoms with Gasteiger partial charge < -0.3 is 51.1 Å². The molecule has 0 heterocycles. The van der Waals surface area contributed by atoms with Gasteiger partial charge in [0.05, 0.1) is 61.5 Å². The average molecular weight is 1020 g/mol. The Morgan fingerprint density at radius 1 is 0.243 bits per heavy atom. The smallest absolute Gasteiger partial charge is 0.0773 e. The van der Waals surface area contributed by atoms with Crippen LogP contribution in [0.2, 0.25) is 0 Å². The van der Waals surface area contributed by atoms with Gasteiger partial charge in [-0.2, -0.15) is 0 Å². The van der Waals surface area contributed by atoms with Gasteiger partial charge in [-0.3, -0.25) is 0 Å². The molecular formula is C60H140O10. The molecule has 0 aliphatic rings. The van der Waals surface area contributed by atoms with Crippen molar-refractivity contribution < 1.29 is 51.1 Å². The largest absolute Gasteiger partial charge is 0.394 e. The Morgan fingerprint density at radius 2 is 0.400 bits per heavy atom. The minimum atomic E-state index is -0.519. The van der Waals surface area contributed by atoms with E-state index in [0.717, 1.165) is 44.9 Å². The molecule has 0 rings (SSSR count). The number of aliphatic hydroxyl groups is 10. The third-order valence-corrected chi connectivity index (χ3v) is 11.0. The predicted octanol–water partition coefficient (Wildman–Crippen LogP) is 13.8. The number of aliphatic hydroxyl groups excluding tert-OH is 10. The molecule has 0 bridgehead atoms. The van der Waals surface area contributed by atoms with E-state index in [0.29, 0.717) is 77.4 Å². The van der Waals surface area contributed by atoms with E-state index in [2.05, 4.69) is 27.7 Å². The Kier molecular flexibility index (Phi) is 80.5. The lowest BCUT2D eigenvalue weighted by Crippen LogP contribution is -2.20. The van der Waals surface area contributed by atoms with Crippen molar-refractivity contribution in [2.75, 3.05) is 6.61 Å². The van der Waals surface area contributed by atoms with Gasteiger partial charge in [0.1, 0.15) is 0 Å². The van der Waals surface area contributed by atoms with Crippen molar-refractivity contribution in [3.8, 4) is 0 Å². The van der Waals surface area contributed by atoms with Crippen LogP contribution in [0, 0.1) is 71.0 Å². The molecule has 0 aromatic heterocycles. The number of hydrogen-bond donors (Lipinski definition) is 10. The van der Waals surface area contributed by atoms with Gasteiger partial charge >= 0.3 is 0 Å². The average Bonchev–Trinajstić information content (AvgIpc) is 3.24. The van der Waals surface area contributed by atoms with E-state index in [1.807, 2.05) is 173 Å². The Hall–Kier alpha value is -0.400. The van der Waals surface area contributed by atoms with Crippen LogP contribution in [0.5, 0.6) is 0 Å². The summed E-state index contributed by atoms with van der Waals surface area (Å²) in [5.41, 5.74) is 0. The first-order valence-electron chi connectivity index (χ1n) is 27.9. The summed E-state index contributed by atoms with van der Waals surface area (Å²) < 4.78 is 0. The minimum Gasteiger partial charge on any atom is -0.394 e. The highest BCUT2D eigenvalue weighted by Crippen LogP contribution is 2.13. The first-order valence-corrected chi connectivity index (χ1v) is 27.9. The van der Waals surface area contributed by atoms with E-state index in [9.17, 15) is 15.3 Å². The van der Waals surface area contributed by atoms with Crippen molar-refractivity contribution in [3.05, 3.63) is 0 Å². The molecule has 0 saturated heterocycles. The van der Waals surface area contributed by atoms with Gasteiger partial charge in [0, 0.05) is 0 Å². The zero-order chi connectivity index (χ0) is 57.5. The van der Waals surface area contributed by atoms with E-state index in [-0.39, 0.29) is 62.9 Å². The molecule has 2 unspecified atom stereocenters. The van der Waals surface area contributed by atoms with Gasteiger partial charge in [0.2, 0.25) is 0 Å². The molecule has 10 heteroatoms. The molecule has 0 amide bonds. The van der Waals surface area contributed by atoms with Crippen molar-refractivity contribution >= 4 is 0 Å². The van der Waals surface area contributed by atoms with Crippen LogP contribution in [0.15, 0.2) is 0 Å². The van der Waals surface area contributed by atoms with Gasteiger partial charge in [0.25, 0.3) is 0 Å². The normalized spacial score (nSPS) is 13.6. The molecule has 0 saturated carbocycles. The lowest BCUT2D eigenvalue weighted by atomic mass is 9.97. The molecule has 10 nitrogen and oxygen atoms in total. The summed E-state index contributed by atoms with van der Waals surface area (Å²) in [6, 6.07) is 0. The van der Waals surface area contributed by atoms with Crippen LogP contribution in [0.1, 0.15) is 260 Å². The Labute approximate surface area is 441 Å². The molecule has 10 N–H and O–H groups in total. The predicted molar refractivity (Wildman–Crippen MR) is 311 cm³/mol. The molecule has 0 aromatic rings. The van der Waals surface area contributed by atoms with Gasteiger partial charge in [0.15, 0.2) is 0 Å². The zero-order valence-electron chi connectivity index (χ0n) is 52.0. The second-order valence-corrected chi connectivity index (χ2v) is 23.4. The maximum absolute atomic E-state index is 9.20. The highest BCUT2D eigenvalue weighted by atomic mass is 16.3. The molecule has 0 fully saturated rings. The highest BCUT2D eigenvalue weighted by Gasteiger charge is 2.14. The summed E-state index contributed by atoms with van der Waals surface area (Å²) >= 11 is 0. The fourth-order valence-electron chi connectivity index (χ4n) is 5.76. The molecule has 70 heavy (non-hydrogen) atoms. The van der Waals surface area contributed by atoms with Gasteiger partial charge in [-0.15, -0.1) is 0 Å². The van der Waals surface area contributed by atoms with E-state index in [1.54, 1.807) is 0 Å². The molecule has 440 valence electrons. The standard InChI is InChI=1S/5C7H16O.C6H14O2.3C6H14O.CH4/c3*1-5(2)7(8)6(3)4;2*1-4-7(8)5-6(2)3;1-5(2)3-6(8)4-7;3*1-4-6(7)5(2)3;/h3*5-8H,1-4H3;2*6-8H,4-5H2,1-3H3;5-8H,3-4H2,1-2H3;3*5-7H,4H2,1-3H3;1H4/t;;;7-;;3*6-;;/m...1.110../s1. The van der Waals surface area contributed by atoms with Crippen LogP contribution in [-0.4, -0.2) is 113 Å². The highest BCUT2D eigenvalue weighted by molar-refractivity contribution is 4.64. The summed E-state index contributed by atoms with van der Waals surface area (Å²) in [5.74, 6) is 5.38. The van der Waals surface area contributed by atoms with Crippen molar-refractivity contribution in [2.24, 2.45) is 71.0 Å². The lowest BCUT2D eigenvalue weighted by Gasteiger charge is -2.17. The SMILES string of the molecule is C.CC(C)C(O)C(C)C.CC(C)C(O)C(C)C.CC(C)C(O)C(C)C.CC(C)C[C@@H](O)CO.CCC(O)C(C)C.CCC(O)CC(C)C.CC[C@@H](O)C(C)C.CC[C@@H](O)CC(C)C.CC[C@H](O)C(C)C. The number of rotatable bonds is 21. The van der Waals surface area contributed by atoms with E-state index < -0.39 is 6.10 Å². The van der Waals surface area contributed by atoms with Gasteiger partial charge in [-0.1, -0.05) is 208 Å². The quantitative estimate of drug-likeness (QED) is 0.0527. The van der Waals surface area contributed by atoms with E-state index in [1.165, 1.54) is 0 Å². The minimum absolute atomic E-state index is 0. The molecule has 0 aliphatic carbocycles. The summed E-state index contributed by atoms with van der Waals surface area (Å²) in [6.45, 7) is 58.9. The van der Waals surface area contributed by atoms with Gasteiger partial charge in [-0.25, -0.2) is 0 Å². The molecular weight excluding hydrogens is 881 g/mol. The maximum atomic E-state index is 9.20. The molecule has 0 aromatic carbocycles. The second kappa shape index (κ2) is 61.1. The molecule has 0 aliphatic heterocycles. The maximum Gasteiger partial charge on any atom is 0.0773 e. The van der Waals surface area contributed by atoms with Crippen molar-refractivity contribution in [1.82, 2.24) is 0 Å². The van der Waals surface area contributed by atoms with Crippen LogP contribution >= 0.6 is 0 Å². The summed E-state index contributed by atoms with van der Waals surface area (Å²) in [4.78, 5) is 0. The summed E-state index contributed by atoms with van der Waals surface area (Å²) in [5, 5.41) is 89.6. The Morgan fingerprint density at radius 3 is 0.429 bits per heavy atom. The monoisotopic (exact) mass is 1020 g/mol. The van der Waals surface area contributed by atoms with Crippen molar-refractivity contribution in [2.45, 2.75) is 315 Å². The van der Waals surface area contributed by atoms with E-state index in [4.69, 9.17) is 35.7 Å². The van der Waals surface area contributed by atoms with E-state index >= 15 is 0 Å². The zero-order valence-corrected chi connectivity index (χ0v) is 52.0. The van der Waals surface area contributed by atoms with Crippen LogP contribution in [-0.2, 0) is 0 Å². The van der Waals surface area contributed by atoms with Crippen LogP contribution < -0.4 is 0 Å². The Bertz CT molecular complexity index is 768. The lowest BCUT2D eigenvalue weighted by molar-refractivity contribution is 0.0782. The van der Waals surface area contributed by atoms with Gasteiger partial charge in [-0.05, 0) is 122 Å². The fraction of sp³-hybridized carbons (Fsp3) is 1.00. The fourth-order valence-corrected chi connectivity index (χ4v) is 5.76. The molecule has 6 atom stereocenters. The van der Waals surface area contributed by atoms with Crippen LogP contribution in [0.25, 0.3) is 0 Å². The summed E-state index contributed by atoms with van der Waals surface area (Å²) in [7, 11) is 0. The molecule has 0 radical (unpaired) electrons. The first-order chi connectivity index (χ1) is 31.2. The van der Waals surface area contributed by atoms with Crippen molar-refractivity contribution in [3.63, 3.8) is 0 Å².